The average molecular weight is 275 g/mol. The Kier molecular flexibility index (Phi) is 4.11. The third-order valence-electron chi connectivity index (χ3n) is 2.85. The summed E-state index contributed by atoms with van der Waals surface area (Å²) in [6, 6.07) is 0. The van der Waals surface area contributed by atoms with E-state index in [0.717, 1.165) is 18.2 Å². The van der Waals surface area contributed by atoms with Crippen LogP contribution in [0.3, 0.4) is 0 Å². The van der Waals surface area contributed by atoms with Crippen LogP contribution in [0, 0.1) is 11.8 Å². The van der Waals surface area contributed by atoms with Crippen molar-refractivity contribution in [1.82, 2.24) is 9.36 Å². The highest BCUT2D eigenvalue weighted by Crippen LogP contribution is 2.27. The molecule has 0 spiro atoms. The molecule has 1 aliphatic rings. The summed E-state index contributed by atoms with van der Waals surface area (Å²) in [4.78, 5) is 6.56. The summed E-state index contributed by atoms with van der Waals surface area (Å²) in [6.45, 7) is 6.49. The third-order valence-corrected chi connectivity index (χ3v) is 4.17. The summed E-state index contributed by atoms with van der Waals surface area (Å²) < 4.78 is 23.6. The van der Waals surface area contributed by atoms with Crippen molar-refractivity contribution < 1.29 is 8.76 Å². The molecule has 7 heteroatoms. The maximum atomic E-state index is 10.7. The van der Waals surface area contributed by atoms with E-state index in [4.69, 9.17) is 4.55 Å². The number of hydrogen-bond acceptors (Lipinski definition) is 5. The van der Waals surface area contributed by atoms with Crippen molar-refractivity contribution in [1.29, 1.82) is 0 Å². The Morgan fingerprint density at radius 3 is 2.71 bits per heavy atom. The first-order valence-corrected chi connectivity index (χ1v) is 7.74. The van der Waals surface area contributed by atoms with Gasteiger partial charge in [0.25, 0.3) is 0 Å². The normalized spacial score (nSPS) is 27.1. The number of piperidine rings is 1. The fourth-order valence-corrected chi connectivity index (χ4v) is 3.50. The van der Waals surface area contributed by atoms with Gasteiger partial charge in [0, 0.05) is 24.6 Å². The molecule has 0 aromatic carbocycles. The van der Waals surface area contributed by atoms with Gasteiger partial charge in [-0.1, -0.05) is 13.8 Å². The highest BCUT2D eigenvalue weighted by Gasteiger charge is 2.24. The van der Waals surface area contributed by atoms with E-state index < -0.39 is 11.1 Å². The summed E-state index contributed by atoms with van der Waals surface area (Å²) in [7, 11) is 0. The predicted molar refractivity (Wildman–Crippen MR) is 69.5 cm³/mol. The van der Waals surface area contributed by atoms with Crippen LogP contribution in [0.25, 0.3) is 0 Å². The molecule has 96 valence electrons. The first kappa shape index (κ1) is 12.9. The highest BCUT2D eigenvalue weighted by molar-refractivity contribution is 7.78. The Bertz CT molecular complexity index is 400. The van der Waals surface area contributed by atoms with Crippen LogP contribution in [-0.2, 0) is 16.8 Å². The van der Waals surface area contributed by atoms with E-state index in [1.54, 1.807) is 0 Å². The molecule has 2 heterocycles. The van der Waals surface area contributed by atoms with Crippen LogP contribution in [0.5, 0.6) is 0 Å². The molecule has 3 unspecified atom stereocenters. The smallest absolute Gasteiger partial charge is 0.205 e. The number of rotatable bonds is 3. The molecule has 0 aliphatic carbocycles. The van der Waals surface area contributed by atoms with Crippen LogP contribution in [0.2, 0.25) is 0 Å². The van der Waals surface area contributed by atoms with E-state index in [2.05, 4.69) is 28.1 Å². The molecule has 1 saturated heterocycles. The van der Waals surface area contributed by atoms with Gasteiger partial charge in [0.2, 0.25) is 5.13 Å². The molecule has 1 fully saturated rings. The second-order valence-electron chi connectivity index (χ2n) is 4.81. The Hall–Kier alpha value is -0.530. The quantitative estimate of drug-likeness (QED) is 0.851. The van der Waals surface area contributed by atoms with Crippen molar-refractivity contribution in [3.8, 4) is 0 Å². The van der Waals surface area contributed by atoms with Crippen molar-refractivity contribution in [2.75, 3.05) is 18.0 Å². The zero-order chi connectivity index (χ0) is 12.4. The van der Waals surface area contributed by atoms with Gasteiger partial charge in [-0.2, -0.15) is 4.37 Å². The Labute approximate surface area is 108 Å². The maximum Gasteiger partial charge on any atom is 0.205 e. The fourth-order valence-electron chi connectivity index (χ4n) is 2.36. The van der Waals surface area contributed by atoms with E-state index in [9.17, 15) is 4.21 Å². The van der Waals surface area contributed by atoms with Gasteiger partial charge in [-0.05, 0) is 18.3 Å². The van der Waals surface area contributed by atoms with E-state index in [0.29, 0.717) is 17.7 Å². The molecule has 1 N–H and O–H groups in total. The number of hydrogen-bond donors (Lipinski definition) is 1. The molecule has 1 aromatic rings. The van der Waals surface area contributed by atoms with Crippen LogP contribution in [0.15, 0.2) is 0 Å². The molecule has 1 aliphatic heterocycles. The van der Waals surface area contributed by atoms with Crippen LogP contribution >= 0.6 is 11.5 Å². The standard InChI is InChI=1S/C10H17N3O2S2/c1-7-3-8(2)5-13(4-7)10-11-9(12-16-10)6-17(14)15/h7-8H,3-6H2,1-2H3,(H,14,15). The molecule has 0 amide bonds. The molecule has 1 aromatic heterocycles. The average Bonchev–Trinajstić information content (AvgIpc) is 2.63. The van der Waals surface area contributed by atoms with E-state index in [-0.39, 0.29) is 5.75 Å². The number of aromatic nitrogens is 2. The molecule has 5 nitrogen and oxygen atoms in total. The molecule has 2 rings (SSSR count). The summed E-state index contributed by atoms with van der Waals surface area (Å²) in [5.74, 6) is 1.82. The van der Waals surface area contributed by atoms with Crippen molar-refractivity contribution >= 4 is 27.7 Å². The van der Waals surface area contributed by atoms with Crippen molar-refractivity contribution in [3.63, 3.8) is 0 Å². The van der Waals surface area contributed by atoms with Gasteiger partial charge in [-0.25, -0.2) is 9.19 Å². The topological polar surface area (TPSA) is 66.3 Å². The lowest BCUT2D eigenvalue weighted by molar-refractivity contribution is 0.356. The van der Waals surface area contributed by atoms with Gasteiger partial charge in [-0.15, -0.1) is 0 Å². The molecule has 0 saturated carbocycles. The van der Waals surface area contributed by atoms with Gasteiger partial charge in [0.1, 0.15) is 5.75 Å². The van der Waals surface area contributed by atoms with E-state index >= 15 is 0 Å². The molecule has 0 radical (unpaired) electrons. The number of anilines is 1. The van der Waals surface area contributed by atoms with Crippen LogP contribution in [0.1, 0.15) is 26.1 Å². The Balaban J connectivity index is 2.06. The second-order valence-corrected chi connectivity index (χ2v) is 6.47. The lowest BCUT2D eigenvalue weighted by Crippen LogP contribution is -2.38. The summed E-state index contributed by atoms with van der Waals surface area (Å²) in [5, 5.41) is 0.879. The van der Waals surface area contributed by atoms with E-state index in [1.165, 1.54) is 18.0 Å². The molecule has 0 bridgehead atoms. The van der Waals surface area contributed by atoms with Crippen molar-refractivity contribution in [2.45, 2.75) is 26.0 Å². The maximum absolute atomic E-state index is 10.7. The Morgan fingerprint density at radius 1 is 1.47 bits per heavy atom. The van der Waals surface area contributed by atoms with Crippen LogP contribution < -0.4 is 4.90 Å². The minimum atomic E-state index is -1.86. The monoisotopic (exact) mass is 275 g/mol. The number of nitrogens with zero attached hydrogens (tertiary/aromatic N) is 3. The second kappa shape index (κ2) is 5.41. The Morgan fingerprint density at radius 2 is 2.12 bits per heavy atom. The van der Waals surface area contributed by atoms with Gasteiger partial charge < -0.3 is 9.45 Å². The first-order chi connectivity index (χ1) is 8.04. The molecule has 17 heavy (non-hydrogen) atoms. The zero-order valence-corrected chi connectivity index (χ0v) is 11.6. The van der Waals surface area contributed by atoms with Crippen LogP contribution in [-0.4, -0.2) is 31.2 Å². The zero-order valence-electron chi connectivity index (χ0n) is 10.00. The minimum absolute atomic E-state index is 0.0233. The summed E-state index contributed by atoms with van der Waals surface area (Å²) >= 11 is -0.538. The molecule has 3 atom stereocenters. The van der Waals surface area contributed by atoms with Crippen LogP contribution in [0.4, 0.5) is 5.13 Å². The van der Waals surface area contributed by atoms with Gasteiger partial charge in [0.05, 0.1) is 0 Å². The summed E-state index contributed by atoms with van der Waals surface area (Å²) in [6.07, 6.45) is 1.25. The predicted octanol–water partition coefficient (Wildman–Crippen LogP) is 1.74. The SMILES string of the molecule is CC1CC(C)CN(c2nc(CS(=O)O)ns2)C1. The first-order valence-electron chi connectivity index (χ1n) is 5.69. The molecular formula is C10H17N3O2S2. The minimum Gasteiger partial charge on any atom is -0.346 e. The fraction of sp³-hybridized carbons (Fsp3) is 0.800. The highest BCUT2D eigenvalue weighted by atomic mass is 32.2. The van der Waals surface area contributed by atoms with Crippen molar-refractivity contribution in [2.24, 2.45) is 11.8 Å². The van der Waals surface area contributed by atoms with Gasteiger partial charge in [0.15, 0.2) is 16.9 Å². The van der Waals surface area contributed by atoms with Gasteiger partial charge >= 0.3 is 0 Å². The third kappa shape index (κ3) is 3.46. The lowest BCUT2D eigenvalue weighted by atomic mass is 9.92. The summed E-state index contributed by atoms with van der Waals surface area (Å²) in [5.41, 5.74) is 0. The van der Waals surface area contributed by atoms with E-state index in [1.807, 2.05) is 0 Å². The van der Waals surface area contributed by atoms with Crippen molar-refractivity contribution in [3.05, 3.63) is 5.82 Å². The lowest BCUT2D eigenvalue weighted by Gasteiger charge is -2.34. The largest absolute Gasteiger partial charge is 0.346 e. The molecular weight excluding hydrogens is 258 g/mol. The van der Waals surface area contributed by atoms with Gasteiger partial charge in [-0.3, -0.25) is 0 Å².